The van der Waals surface area contributed by atoms with E-state index in [2.05, 4.69) is 25.4 Å². The van der Waals surface area contributed by atoms with Crippen LogP contribution in [0.15, 0.2) is 0 Å². The molecule has 0 saturated carbocycles. The van der Waals surface area contributed by atoms with Crippen LogP contribution in [0.25, 0.3) is 0 Å². The van der Waals surface area contributed by atoms with Crippen LogP contribution in [0.5, 0.6) is 0 Å². The third-order valence-corrected chi connectivity index (χ3v) is 3.82. The van der Waals surface area contributed by atoms with Crippen LogP contribution in [-0.2, 0) is 0 Å². The molecule has 2 fully saturated rings. The lowest BCUT2D eigenvalue weighted by atomic mass is 9.92. The van der Waals surface area contributed by atoms with Crippen molar-refractivity contribution in [1.29, 1.82) is 0 Å². The second kappa shape index (κ2) is 4.27. The van der Waals surface area contributed by atoms with Gasteiger partial charge in [-0.1, -0.05) is 0 Å². The molecule has 3 heterocycles. The first-order chi connectivity index (χ1) is 8.25. The van der Waals surface area contributed by atoms with Gasteiger partial charge in [-0.15, -0.1) is 5.10 Å². The maximum Gasteiger partial charge on any atom is 0.245 e. The zero-order valence-corrected chi connectivity index (χ0v) is 10.1. The largest absolute Gasteiger partial charge is 0.385 e. The first-order valence-electron chi connectivity index (χ1n) is 6.33. The molecule has 0 bridgehead atoms. The van der Waals surface area contributed by atoms with Gasteiger partial charge in [0.25, 0.3) is 0 Å². The molecule has 0 aliphatic carbocycles. The predicted octanol–water partition coefficient (Wildman–Crippen LogP) is 0.0462. The summed E-state index contributed by atoms with van der Waals surface area (Å²) in [6.45, 7) is 4.83. The summed E-state index contributed by atoms with van der Waals surface area (Å²) in [7, 11) is 0. The van der Waals surface area contributed by atoms with Gasteiger partial charge in [0.15, 0.2) is 5.82 Å². The summed E-state index contributed by atoms with van der Waals surface area (Å²) in [5.41, 5.74) is 0. The molecule has 6 heteroatoms. The van der Waals surface area contributed by atoms with Gasteiger partial charge in [0.05, 0.1) is 0 Å². The van der Waals surface area contributed by atoms with Crippen LogP contribution in [0, 0.1) is 5.92 Å². The molecule has 3 atom stereocenters. The molecular formula is C11H19N5O. The van der Waals surface area contributed by atoms with E-state index in [-0.39, 0.29) is 0 Å². The monoisotopic (exact) mass is 237 g/mol. The highest BCUT2D eigenvalue weighted by Crippen LogP contribution is 2.29. The topological polar surface area (TPSA) is 77.1 Å². The average Bonchev–Trinajstić information content (AvgIpc) is 2.97. The number of hydrogen-bond acceptors (Lipinski definition) is 5. The van der Waals surface area contributed by atoms with Crippen molar-refractivity contribution in [2.24, 2.45) is 5.92 Å². The molecule has 0 spiro atoms. The number of rotatable bonds is 2. The number of aliphatic hydroxyl groups is 1. The summed E-state index contributed by atoms with van der Waals surface area (Å²) >= 11 is 0. The number of H-pyrrole nitrogens is 1. The van der Waals surface area contributed by atoms with E-state index in [9.17, 15) is 5.11 Å². The summed E-state index contributed by atoms with van der Waals surface area (Å²) in [5.74, 6) is 2.00. The number of nitrogens with one attached hydrogen (secondary N) is 2. The SMILES string of the molecule is CC(O)c1nc(N2CCCC3CNCC32)n[nH]1. The van der Waals surface area contributed by atoms with Gasteiger partial charge in [-0.05, 0) is 25.7 Å². The van der Waals surface area contributed by atoms with Crippen LogP contribution in [-0.4, -0.2) is 46.0 Å². The smallest absolute Gasteiger partial charge is 0.245 e. The molecule has 94 valence electrons. The number of piperidine rings is 1. The molecular weight excluding hydrogens is 218 g/mol. The number of aliphatic hydroxyl groups excluding tert-OH is 1. The van der Waals surface area contributed by atoms with E-state index in [1.54, 1.807) is 6.92 Å². The Balaban J connectivity index is 1.81. The Morgan fingerprint density at radius 1 is 1.47 bits per heavy atom. The minimum absolute atomic E-state index is 0.515. The maximum absolute atomic E-state index is 9.46. The third-order valence-electron chi connectivity index (χ3n) is 3.82. The predicted molar refractivity (Wildman–Crippen MR) is 63.7 cm³/mol. The lowest BCUT2D eigenvalue weighted by molar-refractivity contribution is 0.189. The zero-order chi connectivity index (χ0) is 11.8. The fraction of sp³-hybridized carbons (Fsp3) is 0.818. The van der Waals surface area contributed by atoms with Gasteiger partial charge >= 0.3 is 0 Å². The second-order valence-corrected chi connectivity index (χ2v) is 5.02. The van der Waals surface area contributed by atoms with Crippen molar-refractivity contribution in [2.45, 2.75) is 31.9 Å². The van der Waals surface area contributed by atoms with Gasteiger partial charge in [0.2, 0.25) is 5.95 Å². The fourth-order valence-corrected chi connectivity index (χ4v) is 2.90. The quantitative estimate of drug-likeness (QED) is 0.677. The summed E-state index contributed by atoms with van der Waals surface area (Å²) in [6, 6.07) is 0.515. The minimum atomic E-state index is -0.585. The number of aromatic nitrogens is 3. The molecule has 3 rings (SSSR count). The van der Waals surface area contributed by atoms with Crippen molar-refractivity contribution in [3.05, 3.63) is 5.82 Å². The van der Waals surface area contributed by atoms with Gasteiger partial charge in [-0.2, -0.15) is 4.98 Å². The van der Waals surface area contributed by atoms with Gasteiger partial charge in [-0.25, -0.2) is 0 Å². The van der Waals surface area contributed by atoms with Crippen LogP contribution < -0.4 is 10.2 Å². The maximum atomic E-state index is 9.46. The highest BCUT2D eigenvalue weighted by Gasteiger charge is 2.36. The Hall–Kier alpha value is -1.14. The van der Waals surface area contributed by atoms with Crippen molar-refractivity contribution < 1.29 is 5.11 Å². The van der Waals surface area contributed by atoms with E-state index < -0.39 is 6.10 Å². The second-order valence-electron chi connectivity index (χ2n) is 5.02. The van der Waals surface area contributed by atoms with Crippen LogP contribution in [0.1, 0.15) is 31.7 Å². The molecule has 3 unspecified atom stereocenters. The van der Waals surface area contributed by atoms with Crippen molar-refractivity contribution in [3.63, 3.8) is 0 Å². The Morgan fingerprint density at radius 3 is 3.12 bits per heavy atom. The molecule has 0 aromatic carbocycles. The fourth-order valence-electron chi connectivity index (χ4n) is 2.90. The molecule has 0 amide bonds. The van der Waals surface area contributed by atoms with Crippen molar-refractivity contribution >= 4 is 5.95 Å². The molecule has 0 radical (unpaired) electrons. The molecule has 2 saturated heterocycles. The first-order valence-corrected chi connectivity index (χ1v) is 6.33. The van der Waals surface area contributed by atoms with E-state index in [0.717, 1.165) is 31.5 Å². The van der Waals surface area contributed by atoms with Crippen LogP contribution in [0.3, 0.4) is 0 Å². The standard InChI is InChI=1S/C11H19N5O/c1-7(17)10-13-11(15-14-10)16-4-2-3-8-5-12-6-9(8)16/h7-9,12,17H,2-6H2,1H3,(H,13,14,15). The Kier molecular flexibility index (Phi) is 2.76. The molecule has 1 aromatic heterocycles. The molecule has 3 N–H and O–H groups in total. The van der Waals surface area contributed by atoms with Crippen molar-refractivity contribution in [1.82, 2.24) is 20.5 Å². The van der Waals surface area contributed by atoms with E-state index >= 15 is 0 Å². The Labute approximate surface area is 100 Å². The van der Waals surface area contributed by atoms with Crippen molar-refractivity contribution in [3.8, 4) is 0 Å². The number of hydrogen-bond donors (Lipinski definition) is 3. The lowest BCUT2D eigenvalue weighted by Crippen LogP contribution is -2.45. The Morgan fingerprint density at radius 2 is 2.35 bits per heavy atom. The summed E-state index contributed by atoms with van der Waals surface area (Å²) < 4.78 is 0. The average molecular weight is 237 g/mol. The first kappa shape index (κ1) is 11.0. The van der Waals surface area contributed by atoms with Gasteiger partial charge in [-0.3, -0.25) is 5.10 Å². The number of aromatic amines is 1. The van der Waals surface area contributed by atoms with Crippen LogP contribution in [0.2, 0.25) is 0 Å². The third kappa shape index (κ3) is 1.91. The normalized spacial score (nSPS) is 30.4. The number of nitrogens with zero attached hydrogens (tertiary/aromatic N) is 3. The summed E-state index contributed by atoms with van der Waals surface area (Å²) in [4.78, 5) is 6.65. The molecule has 17 heavy (non-hydrogen) atoms. The number of anilines is 1. The minimum Gasteiger partial charge on any atom is -0.385 e. The molecule has 6 nitrogen and oxygen atoms in total. The van der Waals surface area contributed by atoms with Gasteiger partial charge in [0.1, 0.15) is 6.10 Å². The van der Waals surface area contributed by atoms with Crippen LogP contribution in [0.4, 0.5) is 5.95 Å². The molecule has 2 aliphatic heterocycles. The zero-order valence-electron chi connectivity index (χ0n) is 10.1. The van der Waals surface area contributed by atoms with E-state index in [0.29, 0.717) is 11.9 Å². The van der Waals surface area contributed by atoms with E-state index in [1.165, 1.54) is 12.8 Å². The Bertz CT molecular complexity index is 391. The van der Waals surface area contributed by atoms with E-state index in [4.69, 9.17) is 0 Å². The summed E-state index contributed by atoms with van der Waals surface area (Å²) in [6.07, 6.45) is 1.90. The lowest BCUT2D eigenvalue weighted by Gasteiger charge is -2.36. The summed E-state index contributed by atoms with van der Waals surface area (Å²) in [5, 5.41) is 19.9. The van der Waals surface area contributed by atoms with Gasteiger partial charge < -0.3 is 15.3 Å². The van der Waals surface area contributed by atoms with Gasteiger partial charge in [0, 0.05) is 25.7 Å². The number of fused-ring (bicyclic) bond motifs is 1. The van der Waals surface area contributed by atoms with E-state index in [1.807, 2.05) is 0 Å². The van der Waals surface area contributed by atoms with Crippen LogP contribution >= 0.6 is 0 Å². The highest BCUT2D eigenvalue weighted by atomic mass is 16.3. The molecule has 2 aliphatic rings. The molecule has 1 aromatic rings. The van der Waals surface area contributed by atoms with Crippen molar-refractivity contribution in [2.75, 3.05) is 24.5 Å². The highest BCUT2D eigenvalue weighted by molar-refractivity contribution is 5.33.